The first-order valence-electron chi connectivity index (χ1n) is 2.61. The van der Waals surface area contributed by atoms with Crippen LogP contribution in [-0.4, -0.2) is 4.55 Å². The summed E-state index contributed by atoms with van der Waals surface area (Å²) >= 11 is 17.5. The van der Waals surface area contributed by atoms with Gasteiger partial charge in [-0.05, 0) is 12.1 Å². The van der Waals surface area contributed by atoms with Gasteiger partial charge < -0.3 is 4.55 Å². The second kappa shape index (κ2) is 3.87. The third-order valence-corrected chi connectivity index (χ3v) is 2.75. The molecule has 60 valence electrons. The maximum Gasteiger partial charge on any atom is 0.0607 e. The smallest absolute Gasteiger partial charge is 0.0607 e. The molecule has 0 aliphatic rings. The molecule has 0 fully saturated rings. The molecule has 1 nitrogen and oxygen atoms in total. The predicted molar refractivity (Wildman–Crippen MR) is 50.0 cm³/mol. The third-order valence-electron chi connectivity index (χ3n) is 1.07. The largest absolute Gasteiger partial charge is 0.325 e. The summed E-state index contributed by atoms with van der Waals surface area (Å²) in [6.45, 7) is 0. The molecule has 0 radical (unpaired) electrons. The Hall–Kier alpha value is 0.400. The molecule has 1 aromatic rings. The van der Waals surface area contributed by atoms with Crippen molar-refractivity contribution >= 4 is 46.8 Å². The SMILES string of the molecule is OSc1cc(Cl)c(Cl)cc1Cl. The van der Waals surface area contributed by atoms with E-state index in [2.05, 4.69) is 0 Å². The van der Waals surface area contributed by atoms with Gasteiger partial charge in [-0.25, -0.2) is 0 Å². The summed E-state index contributed by atoms with van der Waals surface area (Å²) in [5.41, 5.74) is 0. The topological polar surface area (TPSA) is 20.2 Å². The lowest BCUT2D eigenvalue weighted by molar-refractivity contribution is 0.664. The van der Waals surface area contributed by atoms with E-state index in [1.807, 2.05) is 0 Å². The van der Waals surface area contributed by atoms with Gasteiger partial charge in [0.05, 0.1) is 20.0 Å². The molecule has 0 atom stereocenters. The fourth-order valence-electron chi connectivity index (χ4n) is 0.574. The maximum absolute atomic E-state index is 8.66. The molecule has 11 heavy (non-hydrogen) atoms. The Kier molecular flexibility index (Phi) is 3.34. The van der Waals surface area contributed by atoms with Crippen LogP contribution in [0.1, 0.15) is 0 Å². The molecule has 1 aromatic carbocycles. The highest BCUT2D eigenvalue weighted by Crippen LogP contribution is 2.33. The first-order chi connectivity index (χ1) is 5.15. The van der Waals surface area contributed by atoms with Crippen LogP contribution < -0.4 is 0 Å². The van der Waals surface area contributed by atoms with Gasteiger partial charge in [-0.2, -0.15) is 0 Å². The monoisotopic (exact) mass is 228 g/mol. The molecular weight excluding hydrogens is 226 g/mol. The Bertz CT molecular complexity index is 277. The van der Waals surface area contributed by atoms with Gasteiger partial charge in [0.15, 0.2) is 0 Å². The number of halogens is 3. The van der Waals surface area contributed by atoms with Crippen molar-refractivity contribution in [3.63, 3.8) is 0 Å². The Morgan fingerprint density at radius 2 is 1.55 bits per heavy atom. The van der Waals surface area contributed by atoms with Crippen LogP contribution in [0.3, 0.4) is 0 Å². The lowest BCUT2D eigenvalue weighted by Gasteiger charge is -2.00. The van der Waals surface area contributed by atoms with Gasteiger partial charge in [0, 0.05) is 12.0 Å². The highest BCUT2D eigenvalue weighted by molar-refractivity contribution is 7.93. The van der Waals surface area contributed by atoms with E-state index < -0.39 is 0 Å². The molecule has 0 aliphatic carbocycles. The zero-order chi connectivity index (χ0) is 8.43. The van der Waals surface area contributed by atoms with Crippen LogP contribution >= 0.6 is 46.8 Å². The normalized spacial score (nSPS) is 10.2. The van der Waals surface area contributed by atoms with E-state index in [1.54, 1.807) is 0 Å². The van der Waals surface area contributed by atoms with Crippen LogP contribution in [0.5, 0.6) is 0 Å². The minimum atomic E-state index is 0.382. The number of hydrogen-bond acceptors (Lipinski definition) is 2. The highest BCUT2D eigenvalue weighted by Gasteiger charge is 2.04. The zero-order valence-corrected chi connectivity index (χ0v) is 8.23. The molecule has 0 saturated heterocycles. The summed E-state index contributed by atoms with van der Waals surface area (Å²) in [5.74, 6) is 0. The van der Waals surface area contributed by atoms with Crippen molar-refractivity contribution < 1.29 is 4.55 Å². The van der Waals surface area contributed by atoms with Gasteiger partial charge in [0.25, 0.3) is 0 Å². The first kappa shape index (κ1) is 9.49. The first-order valence-corrected chi connectivity index (χ1v) is 4.52. The molecule has 1 rings (SSSR count). The van der Waals surface area contributed by atoms with E-state index in [0.29, 0.717) is 32.0 Å². The molecule has 1 N–H and O–H groups in total. The second-order valence-electron chi connectivity index (χ2n) is 1.79. The van der Waals surface area contributed by atoms with Crippen LogP contribution in [0.2, 0.25) is 15.1 Å². The third kappa shape index (κ3) is 2.17. The average Bonchev–Trinajstić information content (AvgIpc) is 1.97. The Morgan fingerprint density at radius 1 is 1.00 bits per heavy atom. The summed E-state index contributed by atoms with van der Waals surface area (Å²) in [6.07, 6.45) is 0. The molecule has 0 amide bonds. The maximum atomic E-state index is 8.66. The van der Waals surface area contributed by atoms with Crippen molar-refractivity contribution in [2.75, 3.05) is 0 Å². The van der Waals surface area contributed by atoms with Crippen molar-refractivity contribution in [3.8, 4) is 0 Å². The van der Waals surface area contributed by atoms with E-state index in [1.165, 1.54) is 12.1 Å². The minimum Gasteiger partial charge on any atom is -0.325 e. The van der Waals surface area contributed by atoms with Gasteiger partial charge in [-0.15, -0.1) is 0 Å². The van der Waals surface area contributed by atoms with Gasteiger partial charge in [0.1, 0.15) is 0 Å². The molecule has 0 spiro atoms. The summed E-state index contributed by atoms with van der Waals surface area (Å²) in [7, 11) is 0. The van der Waals surface area contributed by atoms with Crippen molar-refractivity contribution in [3.05, 3.63) is 27.2 Å². The Labute approximate surface area is 83.5 Å². The average molecular weight is 230 g/mol. The Balaban J connectivity index is 3.21. The van der Waals surface area contributed by atoms with Gasteiger partial charge in [-0.1, -0.05) is 34.8 Å². The number of benzene rings is 1. The molecule has 0 saturated carbocycles. The molecule has 0 bridgehead atoms. The second-order valence-corrected chi connectivity index (χ2v) is 3.63. The summed E-state index contributed by atoms with van der Waals surface area (Å²) < 4.78 is 8.66. The molecule has 0 aliphatic heterocycles. The number of hydrogen-bond donors (Lipinski definition) is 1. The zero-order valence-electron chi connectivity index (χ0n) is 5.14. The fraction of sp³-hybridized carbons (Fsp3) is 0. The quantitative estimate of drug-likeness (QED) is 0.575. The van der Waals surface area contributed by atoms with Crippen LogP contribution in [-0.2, 0) is 0 Å². The van der Waals surface area contributed by atoms with Crippen molar-refractivity contribution in [1.82, 2.24) is 0 Å². The molecule has 0 unspecified atom stereocenters. The standard InChI is InChI=1S/C6H3Cl3OS/c7-3-1-5(9)6(11-10)2-4(3)8/h1-2,10H. The van der Waals surface area contributed by atoms with Crippen molar-refractivity contribution in [2.45, 2.75) is 4.90 Å². The van der Waals surface area contributed by atoms with Gasteiger partial charge >= 0.3 is 0 Å². The minimum absolute atomic E-state index is 0.382. The molecule has 0 aromatic heterocycles. The summed E-state index contributed by atoms with van der Waals surface area (Å²) in [6, 6.07) is 3.00. The summed E-state index contributed by atoms with van der Waals surface area (Å²) in [4.78, 5) is 0.501. The van der Waals surface area contributed by atoms with Crippen molar-refractivity contribution in [2.24, 2.45) is 0 Å². The van der Waals surface area contributed by atoms with Gasteiger partial charge in [-0.3, -0.25) is 0 Å². The number of rotatable bonds is 1. The summed E-state index contributed by atoms with van der Waals surface area (Å²) in [5, 5.41) is 1.16. The Morgan fingerprint density at radius 3 is 2.09 bits per heavy atom. The van der Waals surface area contributed by atoms with E-state index in [4.69, 9.17) is 39.4 Å². The highest BCUT2D eigenvalue weighted by atomic mass is 35.5. The van der Waals surface area contributed by atoms with Crippen LogP contribution in [0, 0.1) is 0 Å². The van der Waals surface area contributed by atoms with E-state index in [9.17, 15) is 0 Å². The van der Waals surface area contributed by atoms with Gasteiger partial charge in [0.2, 0.25) is 0 Å². The predicted octanol–water partition coefficient (Wildman–Crippen LogP) is 4.21. The molecule has 0 heterocycles. The van der Waals surface area contributed by atoms with Crippen LogP contribution in [0.15, 0.2) is 17.0 Å². The molecular formula is C6H3Cl3OS. The lowest BCUT2D eigenvalue weighted by Crippen LogP contribution is -1.75. The van der Waals surface area contributed by atoms with Crippen molar-refractivity contribution in [1.29, 1.82) is 0 Å². The fourth-order valence-corrected chi connectivity index (χ4v) is 1.61. The van der Waals surface area contributed by atoms with Crippen LogP contribution in [0.25, 0.3) is 0 Å². The van der Waals surface area contributed by atoms with E-state index in [0.717, 1.165) is 0 Å². The lowest BCUT2D eigenvalue weighted by atomic mass is 10.4. The molecule has 5 heteroatoms. The van der Waals surface area contributed by atoms with E-state index in [-0.39, 0.29) is 0 Å². The van der Waals surface area contributed by atoms with E-state index >= 15 is 0 Å². The van der Waals surface area contributed by atoms with Crippen LogP contribution in [0.4, 0.5) is 0 Å².